The predicted molar refractivity (Wildman–Crippen MR) is 121 cm³/mol. The highest BCUT2D eigenvalue weighted by molar-refractivity contribution is 5.78. The quantitative estimate of drug-likeness (QED) is 0.629. The SMILES string of the molecule is COc1c(C)c(OC)c2c(c1O)[C@H](COCc1ccccc1)N[C@H](C(=O)OC(C)(C)C)C2. The zero-order chi connectivity index (χ0) is 23.5. The van der Waals surface area contributed by atoms with Crippen molar-refractivity contribution in [1.29, 1.82) is 0 Å². The van der Waals surface area contributed by atoms with Crippen LogP contribution in [0.15, 0.2) is 30.3 Å². The second-order valence-corrected chi connectivity index (χ2v) is 8.94. The first kappa shape index (κ1) is 23.9. The Bertz CT molecular complexity index is 951. The third-order valence-electron chi connectivity index (χ3n) is 5.41. The van der Waals surface area contributed by atoms with Crippen molar-refractivity contribution in [3.8, 4) is 17.2 Å². The van der Waals surface area contributed by atoms with Crippen molar-refractivity contribution in [2.45, 2.75) is 58.4 Å². The van der Waals surface area contributed by atoms with Gasteiger partial charge >= 0.3 is 5.97 Å². The lowest BCUT2D eigenvalue weighted by atomic mass is 9.86. The first-order valence-corrected chi connectivity index (χ1v) is 10.7. The number of esters is 1. The van der Waals surface area contributed by atoms with Crippen molar-refractivity contribution in [3.63, 3.8) is 0 Å². The average Bonchev–Trinajstić information content (AvgIpc) is 2.73. The van der Waals surface area contributed by atoms with E-state index in [1.165, 1.54) is 7.11 Å². The molecule has 0 radical (unpaired) electrons. The molecule has 2 aromatic carbocycles. The number of benzene rings is 2. The number of phenols is 1. The van der Waals surface area contributed by atoms with Gasteiger partial charge in [-0.3, -0.25) is 10.1 Å². The molecule has 3 rings (SSSR count). The van der Waals surface area contributed by atoms with Crippen molar-refractivity contribution in [1.82, 2.24) is 5.32 Å². The van der Waals surface area contributed by atoms with Gasteiger partial charge in [-0.1, -0.05) is 30.3 Å². The third kappa shape index (κ3) is 5.16. The fourth-order valence-corrected chi connectivity index (χ4v) is 4.11. The number of hydrogen-bond donors (Lipinski definition) is 2. The van der Waals surface area contributed by atoms with E-state index >= 15 is 0 Å². The molecule has 1 aliphatic heterocycles. The van der Waals surface area contributed by atoms with Crippen LogP contribution >= 0.6 is 0 Å². The normalized spacial score (nSPS) is 18.1. The van der Waals surface area contributed by atoms with E-state index in [0.717, 1.165) is 11.1 Å². The molecule has 7 heteroatoms. The first-order valence-electron chi connectivity index (χ1n) is 10.7. The van der Waals surface area contributed by atoms with E-state index in [9.17, 15) is 9.90 Å². The number of aromatic hydroxyl groups is 1. The van der Waals surface area contributed by atoms with Crippen molar-refractivity contribution < 1.29 is 28.8 Å². The molecule has 0 fully saturated rings. The van der Waals surface area contributed by atoms with E-state index in [1.54, 1.807) is 7.11 Å². The Labute approximate surface area is 189 Å². The fourth-order valence-electron chi connectivity index (χ4n) is 4.11. The van der Waals surface area contributed by atoms with E-state index in [4.69, 9.17) is 18.9 Å². The number of phenolic OH excluding ortho intramolecular Hbond substituents is 1. The number of fused-ring (bicyclic) bond motifs is 1. The Morgan fingerprint density at radius 2 is 1.78 bits per heavy atom. The zero-order valence-corrected chi connectivity index (χ0v) is 19.7. The second-order valence-electron chi connectivity index (χ2n) is 8.94. The van der Waals surface area contributed by atoms with Crippen LogP contribution in [-0.2, 0) is 27.3 Å². The largest absolute Gasteiger partial charge is 0.504 e. The number of carbonyl (C=O) groups is 1. The molecular weight excluding hydrogens is 410 g/mol. The van der Waals surface area contributed by atoms with Crippen LogP contribution < -0.4 is 14.8 Å². The summed E-state index contributed by atoms with van der Waals surface area (Å²) in [6, 6.07) is 8.77. The number of methoxy groups -OCH3 is 2. The van der Waals surface area contributed by atoms with Gasteiger partial charge in [0.2, 0.25) is 0 Å². The van der Waals surface area contributed by atoms with Gasteiger partial charge in [-0.15, -0.1) is 0 Å². The Kier molecular flexibility index (Phi) is 7.31. The Morgan fingerprint density at radius 3 is 2.38 bits per heavy atom. The molecule has 0 bridgehead atoms. The summed E-state index contributed by atoms with van der Waals surface area (Å²) in [6.07, 6.45) is 0.320. The van der Waals surface area contributed by atoms with Crippen LogP contribution in [0, 0.1) is 6.92 Å². The summed E-state index contributed by atoms with van der Waals surface area (Å²) < 4.78 is 22.7. The molecule has 0 aliphatic carbocycles. The molecule has 0 unspecified atom stereocenters. The highest BCUT2D eigenvalue weighted by Crippen LogP contribution is 2.47. The molecule has 32 heavy (non-hydrogen) atoms. The summed E-state index contributed by atoms with van der Waals surface area (Å²) in [4.78, 5) is 12.9. The predicted octanol–water partition coefficient (Wildman–Crippen LogP) is 3.83. The van der Waals surface area contributed by atoms with Gasteiger partial charge in [0.25, 0.3) is 0 Å². The van der Waals surface area contributed by atoms with Crippen LogP contribution in [-0.4, -0.2) is 43.5 Å². The molecule has 1 heterocycles. The Hall–Kier alpha value is -2.77. The van der Waals surface area contributed by atoms with Gasteiger partial charge in [-0.2, -0.15) is 0 Å². The van der Waals surface area contributed by atoms with Gasteiger partial charge in [0, 0.05) is 23.1 Å². The van der Waals surface area contributed by atoms with Gasteiger partial charge < -0.3 is 24.1 Å². The molecule has 1 aliphatic rings. The summed E-state index contributed by atoms with van der Waals surface area (Å²) >= 11 is 0. The molecule has 2 atom stereocenters. The second kappa shape index (κ2) is 9.79. The third-order valence-corrected chi connectivity index (χ3v) is 5.41. The molecule has 0 amide bonds. The summed E-state index contributed by atoms with van der Waals surface area (Å²) in [7, 11) is 3.08. The van der Waals surface area contributed by atoms with E-state index in [2.05, 4.69) is 5.32 Å². The number of nitrogens with one attached hydrogen (secondary N) is 1. The van der Waals surface area contributed by atoms with E-state index in [1.807, 2.05) is 58.0 Å². The van der Waals surface area contributed by atoms with Gasteiger partial charge in [-0.25, -0.2) is 0 Å². The maximum absolute atomic E-state index is 12.9. The van der Waals surface area contributed by atoms with Crippen molar-refractivity contribution in [2.75, 3.05) is 20.8 Å². The van der Waals surface area contributed by atoms with Crippen LogP contribution in [0.4, 0.5) is 0 Å². The summed E-state index contributed by atoms with van der Waals surface area (Å²) in [5.41, 5.74) is 2.49. The minimum atomic E-state index is -0.611. The molecule has 0 spiro atoms. The van der Waals surface area contributed by atoms with Crippen molar-refractivity contribution in [3.05, 3.63) is 52.6 Å². The summed E-state index contributed by atoms with van der Waals surface area (Å²) in [5.74, 6) is 0.624. The van der Waals surface area contributed by atoms with Crippen LogP contribution in [0.3, 0.4) is 0 Å². The van der Waals surface area contributed by atoms with Crippen LogP contribution in [0.2, 0.25) is 0 Å². The number of ether oxygens (including phenoxy) is 4. The van der Waals surface area contributed by atoms with Crippen LogP contribution in [0.1, 0.15) is 49.1 Å². The molecule has 0 aromatic heterocycles. The van der Waals surface area contributed by atoms with Crippen LogP contribution in [0.25, 0.3) is 0 Å². The number of hydrogen-bond acceptors (Lipinski definition) is 7. The standard InChI is InChI=1S/C25H33NO6/c1-15-22(29-5)17-12-18(24(28)32-25(2,3)4)26-19(20(17)21(27)23(15)30-6)14-31-13-16-10-8-7-9-11-16/h7-11,18-19,26-27H,12-14H2,1-6H3/t18-,19-/m0/s1. The highest BCUT2D eigenvalue weighted by Gasteiger charge is 2.38. The van der Waals surface area contributed by atoms with Gasteiger partial charge in [0.05, 0.1) is 33.5 Å². The van der Waals surface area contributed by atoms with Crippen molar-refractivity contribution in [2.24, 2.45) is 0 Å². The first-order chi connectivity index (χ1) is 15.2. The molecule has 0 saturated heterocycles. The minimum Gasteiger partial charge on any atom is -0.504 e. The van der Waals surface area contributed by atoms with Gasteiger partial charge in [-0.05, 0) is 33.3 Å². The van der Waals surface area contributed by atoms with Crippen LogP contribution in [0.5, 0.6) is 17.2 Å². The van der Waals surface area contributed by atoms with Crippen molar-refractivity contribution >= 4 is 5.97 Å². The molecule has 7 nitrogen and oxygen atoms in total. The molecular formula is C25H33NO6. The lowest BCUT2D eigenvalue weighted by Gasteiger charge is -2.35. The minimum absolute atomic E-state index is 0.0317. The smallest absolute Gasteiger partial charge is 0.324 e. The van der Waals surface area contributed by atoms with Gasteiger partial charge in [0.1, 0.15) is 17.4 Å². The maximum atomic E-state index is 12.9. The summed E-state index contributed by atoms with van der Waals surface area (Å²) in [5, 5.41) is 14.4. The Balaban J connectivity index is 1.96. The topological polar surface area (TPSA) is 86.3 Å². The molecule has 2 N–H and O–H groups in total. The lowest BCUT2D eigenvalue weighted by molar-refractivity contribution is -0.158. The monoisotopic (exact) mass is 443 g/mol. The molecule has 0 saturated carbocycles. The van der Waals surface area contributed by atoms with Gasteiger partial charge in [0.15, 0.2) is 11.5 Å². The summed E-state index contributed by atoms with van der Waals surface area (Å²) in [6.45, 7) is 7.98. The van der Waals surface area contributed by atoms with E-state index < -0.39 is 17.7 Å². The molecule has 174 valence electrons. The highest BCUT2D eigenvalue weighted by atomic mass is 16.6. The van der Waals surface area contributed by atoms with E-state index in [0.29, 0.717) is 35.7 Å². The maximum Gasteiger partial charge on any atom is 0.324 e. The average molecular weight is 444 g/mol. The Morgan fingerprint density at radius 1 is 1.12 bits per heavy atom. The molecule has 2 aromatic rings. The number of carbonyl (C=O) groups excluding carboxylic acids is 1. The van der Waals surface area contributed by atoms with E-state index in [-0.39, 0.29) is 18.3 Å². The number of rotatable bonds is 7. The fraction of sp³-hybridized carbons (Fsp3) is 0.480. The zero-order valence-electron chi connectivity index (χ0n) is 19.7. The lowest BCUT2D eigenvalue weighted by Crippen LogP contribution is -2.48.